The molecule has 0 radical (unpaired) electrons. The number of morpholine rings is 1. The molecular formula is C20H28N4O3. The molecule has 2 heterocycles. The van der Waals surface area contributed by atoms with E-state index in [2.05, 4.69) is 26.3 Å². The first-order valence-electron chi connectivity index (χ1n) is 9.45. The van der Waals surface area contributed by atoms with Crippen molar-refractivity contribution in [1.82, 2.24) is 20.2 Å². The van der Waals surface area contributed by atoms with Gasteiger partial charge in [0.1, 0.15) is 18.5 Å². The highest BCUT2D eigenvalue weighted by molar-refractivity contribution is 5.28. The predicted molar refractivity (Wildman–Crippen MR) is 103 cm³/mol. The van der Waals surface area contributed by atoms with E-state index in [1.807, 2.05) is 18.2 Å². The van der Waals surface area contributed by atoms with Crippen LogP contribution in [-0.4, -0.2) is 72.1 Å². The Labute approximate surface area is 160 Å². The Kier molecular flexibility index (Phi) is 7.98. The molecule has 0 bridgehead atoms. The Hall–Kier alpha value is -2.06. The molecule has 146 valence electrons. The van der Waals surface area contributed by atoms with Gasteiger partial charge in [-0.1, -0.05) is 12.1 Å². The van der Waals surface area contributed by atoms with Crippen molar-refractivity contribution in [3.63, 3.8) is 0 Å². The second-order valence-corrected chi connectivity index (χ2v) is 6.65. The maximum atomic E-state index is 10.2. The fourth-order valence-corrected chi connectivity index (χ4v) is 2.98. The molecule has 1 saturated heterocycles. The molecule has 1 atom stereocenters. The van der Waals surface area contributed by atoms with Gasteiger partial charge < -0.3 is 19.9 Å². The molecule has 0 amide bonds. The molecule has 1 aliphatic heterocycles. The number of nitrogens with zero attached hydrogens (tertiary/aromatic N) is 3. The maximum Gasteiger partial charge on any atom is 0.119 e. The lowest BCUT2D eigenvalue weighted by atomic mass is 10.2. The van der Waals surface area contributed by atoms with Crippen molar-refractivity contribution in [2.24, 2.45) is 0 Å². The van der Waals surface area contributed by atoms with Crippen LogP contribution in [-0.2, 0) is 17.7 Å². The molecule has 1 fully saturated rings. The quantitative estimate of drug-likeness (QED) is 0.599. The topological polar surface area (TPSA) is 79.7 Å². The number of hydrogen-bond donors (Lipinski definition) is 2. The first-order valence-corrected chi connectivity index (χ1v) is 9.45. The van der Waals surface area contributed by atoms with Gasteiger partial charge in [0, 0.05) is 57.7 Å². The monoisotopic (exact) mass is 372 g/mol. The third kappa shape index (κ3) is 7.22. The number of β-amino-alcohol motifs (C(OH)–C–C–N with tert-alkyl or cyclic N) is 1. The largest absolute Gasteiger partial charge is 0.491 e. The van der Waals surface area contributed by atoms with Gasteiger partial charge in [0.25, 0.3) is 0 Å². The van der Waals surface area contributed by atoms with E-state index in [1.165, 1.54) is 0 Å². The van der Waals surface area contributed by atoms with E-state index in [-0.39, 0.29) is 0 Å². The predicted octanol–water partition coefficient (Wildman–Crippen LogP) is 0.881. The molecule has 0 unspecified atom stereocenters. The minimum absolute atomic E-state index is 0.293. The highest BCUT2D eigenvalue weighted by atomic mass is 16.5. The Bertz CT molecular complexity index is 665. The van der Waals surface area contributed by atoms with Crippen LogP contribution in [0.15, 0.2) is 42.9 Å². The molecule has 0 saturated carbocycles. The molecule has 2 aromatic rings. The highest BCUT2D eigenvalue weighted by Crippen LogP contribution is 2.14. The molecule has 0 spiro atoms. The molecule has 1 aromatic heterocycles. The normalized spacial score (nSPS) is 16.2. The SMILES string of the molecule is O[C@@H](COc1cccc(CNCCc2cnccn2)c1)CN1CCOCC1. The summed E-state index contributed by atoms with van der Waals surface area (Å²) in [6, 6.07) is 7.97. The van der Waals surface area contributed by atoms with Gasteiger partial charge in [-0.05, 0) is 17.7 Å². The summed E-state index contributed by atoms with van der Waals surface area (Å²) in [6.07, 6.45) is 5.52. The van der Waals surface area contributed by atoms with Crippen LogP contribution in [0.4, 0.5) is 0 Å². The number of benzene rings is 1. The van der Waals surface area contributed by atoms with E-state index in [1.54, 1.807) is 18.6 Å². The van der Waals surface area contributed by atoms with Crippen molar-refractivity contribution >= 4 is 0 Å². The molecule has 0 aliphatic carbocycles. The standard InChI is InChI=1S/C20H28N4O3/c25-19(15-24-8-10-26-11-9-24)16-27-20-3-1-2-17(12-20)13-21-5-4-18-14-22-6-7-23-18/h1-3,6-7,12,14,19,21,25H,4-5,8-11,13,15-16H2/t19-/m1/s1. The lowest BCUT2D eigenvalue weighted by Gasteiger charge is -2.28. The Morgan fingerprint density at radius 1 is 1.26 bits per heavy atom. The fourth-order valence-electron chi connectivity index (χ4n) is 2.98. The molecule has 7 nitrogen and oxygen atoms in total. The van der Waals surface area contributed by atoms with Crippen molar-refractivity contribution < 1.29 is 14.6 Å². The number of nitrogens with one attached hydrogen (secondary N) is 1. The average molecular weight is 372 g/mol. The third-order valence-corrected chi connectivity index (χ3v) is 4.42. The number of ether oxygens (including phenoxy) is 2. The van der Waals surface area contributed by atoms with Crippen molar-refractivity contribution in [3.05, 3.63) is 54.1 Å². The molecule has 1 aliphatic rings. The lowest BCUT2D eigenvalue weighted by molar-refractivity contribution is 0.00465. The minimum atomic E-state index is -0.503. The van der Waals surface area contributed by atoms with E-state index >= 15 is 0 Å². The van der Waals surface area contributed by atoms with Gasteiger partial charge >= 0.3 is 0 Å². The van der Waals surface area contributed by atoms with Gasteiger partial charge in [-0.2, -0.15) is 0 Å². The zero-order valence-electron chi connectivity index (χ0n) is 15.6. The first-order chi connectivity index (χ1) is 13.3. The number of rotatable bonds is 10. The number of aromatic nitrogens is 2. The van der Waals surface area contributed by atoms with Crippen molar-refractivity contribution in [2.75, 3.05) is 46.0 Å². The van der Waals surface area contributed by atoms with Gasteiger partial charge in [-0.25, -0.2) is 0 Å². The smallest absolute Gasteiger partial charge is 0.119 e. The fraction of sp³-hybridized carbons (Fsp3) is 0.500. The minimum Gasteiger partial charge on any atom is -0.491 e. The van der Waals surface area contributed by atoms with E-state index in [4.69, 9.17) is 9.47 Å². The van der Waals surface area contributed by atoms with E-state index in [0.717, 1.165) is 62.8 Å². The van der Waals surface area contributed by atoms with Crippen LogP contribution in [0, 0.1) is 0 Å². The summed E-state index contributed by atoms with van der Waals surface area (Å²) in [5, 5.41) is 13.6. The molecular weight excluding hydrogens is 344 g/mol. The number of aliphatic hydroxyl groups excluding tert-OH is 1. The molecule has 27 heavy (non-hydrogen) atoms. The van der Waals surface area contributed by atoms with E-state index in [0.29, 0.717) is 13.2 Å². The van der Waals surface area contributed by atoms with Crippen LogP contribution in [0.1, 0.15) is 11.3 Å². The van der Waals surface area contributed by atoms with Crippen molar-refractivity contribution in [2.45, 2.75) is 19.1 Å². The second-order valence-electron chi connectivity index (χ2n) is 6.65. The Morgan fingerprint density at radius 2 is 2.15 bits per heavy atom. The summed E-state index contributed by atoms with van der Waals surface area (Å²) in [5.41, 5.74) is 2.13. The Balaban J connectivity index is 1.36. The zero-order valence-corrected chi connectivity index (χ0v) is 15.6. The molecule has 3 rings (SSSR count). The summed E-state index contributed by atoms with van der Waals surface area (Å²) in [4.78, 5) is 10.5. The number of aliphatic hydroxyl groups is 1. The zero-order chi connectivity index (χ0) is 18.7. The van der Waals surface area contributed by atoms with Gasteiger partial charge in [-0.15, -0.1) is 0 Å². The first kappa shape index (κ1) is 19.7. The summed E-state index contributed by atoms with van der Waals surface area (Å²) >= 11 is 0. The van der Waals surface area contributed by atoms with Crippen LogP contribution in [0.3, 0.4) is 0 Å². The van der Waals surface area contributed by atoms with Gasteiger partial charge in [0.2, 0.25) is 0 Å². The second kappa shape index (κ2) is 10.9. The van der Waals surface area contributed by atoms with Crippen molar-refractivity contribution in [1.29, 1.82) is 0 Å². The number of hydrogen-bond acceptors (Lipinski definition) is 7. The molecule has 2 N–H and O–H groups in total. The summed E-state index contributed by atoms with van der Waals surface area (Å²) in [6.45, 7) is 5.71. The molecule has 7 heteroatoms. The van der Waals surface area contributed by atoms with Crippen molar-refractivity contribution in [3.8, 4) is 5.75 Å². The van der Waals surface area contributed by atoms with Crippen LogP contribution in [0.25, 0.3) is 0 Å². The van der Waals surface area contributed by atoms with E-state index in [9.17, 15) is 5.11 Å². The lowest BCUT2D eigenvalue weighted by Crippen LogP contribution is -2.42. The summed E-state index contributed by atoms with van der Waals surface area (Å²) in [7, 11) is 0. The average Bonchev–Trinajstić information content (AvgIpc) is 2.72. The van der Waals surface area contributed by atoms with Crippen LogP contribution >= 0.6 is 0 Å². The van der Waals surface area contributed by atoms with Gasteiger partial charge in [0.05, 0.1) is 18.9 Å². The van der Waals surface area contributed by atoms with Crippen LogP contribution in [0.5, 0.6) is 5.75 Å². The van der Waals surface area contributed by atoms with Crippen LogP contribution < -0.4 is 10.1 Å². The third-order valence-electron chi connectivity index (χ3n) is 4.42. The van der Waals surface area contributed by atoms with Gasteiger partial charge in [0.15, 0.2) is 0 Å². The molecule has 1 aromatic carbocycles. The van der Waals surface area contributed by atoms with Crippen LogP contribution in [0.2, 0.25) is 0 Å². The summed E-state index contributed by atoms with van der Waals surface area (Å²) < 4.78 is 11.1. The highest BCUT2D eigenvalue weighted by Gasteiger charge is 2.15. The maximum absolute atomic E-state index is 10.2. The summed E-state index contributed by atoms with van der Waals surface area (Å²) in [5.74, 6) is 0.782. The van der Waals surface area contributed by atoms with Gasteiger partial charge in [-0.3, -0.25) is 14.9 Å². The Morgan fingerprint density at radius 3 is 2.96 bits per heavy atom. The van der Waals surface area contributed by atoms with E-state index < -0.39 is 6.10 Å².